The van der Waals surface area contributed by atoms with Crippen molar-refractivity contribution in [2.75, 3.05) is 33.0 Å². The molecule has 1 aromatic carbocycles. The van der Waals surface area contributed by atoms with Gasteiger partial charge in [0.2, 0.25) is 5.91 Å². The largest absolute Gasteiger partial charge is 0.463 e. The van der Waals surface area contributed by atoms with E-state index < -0.39 is 0 Å². The van der Waals surface area contributed by atoms with Crippen LogP contribution in [0.5, 0.6) is 0 Å². The highest BCUT2D eigenvalue weighted by atomic mass is 16.3. The maximum atomic E-state index is 13.1. The third-order valence-electron chi connectivity index (χ3n) is 8.17. The molecular formula is C31H31N7O3. The van der Waals surface area contributed by atoms with Gasteiger partial charge in [-0.1, -0.05) is 12.1 Å². The van der Waals surface area contributed by atoms with Crippen molar-refractivity contribution in [3.05, 3.63) is 77.3 Å². The predicted molar refractivity (Wildman–Crippen MR) is 156 cm³/mol. The molecule has 0 radical (unpaired) electrons. The van der Waals surface area contributed by atoms with E-state index in [0.29, 0.717) is 36.6 Å². The summed E-state index contributed by atoms with van der Waals surface area (Å²) in [7, 11) is 5.88. The first-order valence-electron chi connectivity index (χ1n) is 13.8. The van der Waals surface area contributed by atoms with Gasteiger partial charge in [-0.15, -0.1) is 0 Å². The second-order valence-electron chi connectivity index (χ2n) is 11.1. The molecule has 10 heteroatoms. The fraction of sp³-hybridized carbons (Fsp3) is 0.290. The van der Waals surface area contributed by atoms with Gasteiger partial charge in [0.25, 0.3) is 5.91 Å². The summed E-state index contributed by atoms with van der Waals surface area (Å²) in [5, 5.41) is 6.43. The lowest BCUT2D eigenvalue weighted by Crippen LogP contribution is -2.35. The molecule has 2 N–H and O–H groups in total. The van der Waals surface area contributed by atoms with E-state index >= 15 is 0 Å². The Kier molecular flexibility index (Phi) is 6.01. The summed E-state index contributed by atoms with van der Waals surface area (Å²) in [6, 6.07) is 13.8. The number of nitrogens with one attached hydrogen (secondary N) is 2. The quantitative estimate of drug-likeness (QED) is 0.321. The molecule has 5 aromatic rings. The number of rotatable bonds is 6. The number of hydrogen-bond donors (Lipinski definition) is 2. The second-order valence-corrected chi connectivity index (χ2v) is 11.1. The summed E-state index contributed by atoms with van der Waals surface area (Å²) in [5.41, 5.74) is 8.62. The minimum atomic E-state index is -0.124. The van der Waals surface area contributed by atoms with Crippen molar-refractivity contribution in [1.29, 1.82) is 0 Å². The molecule has 7 rings (SSSR count). The average Bonchev–Trinajstić information content (AvgIpc) is 3.69. The number of imidazole rings is 1. The van der Waals surface area contributed by atoms with Crippen LogP contribution in [0.15, 0.2) is 59.3 Å². The summed E-state index contributed by atoms with van der Waals surface area (Å²) in [6.45, 7) is 1.83. The molecule has 0 aliphatic carbocycles. The molecular weight excluding hydrogens is 518 g/mol. The molecule has 0 unspecified atom stereocenters. The first kappa shape index (κ1) is 25.3. The van der Waals surface area contributed by atoms with Crippen molar-refractivity contribution >= 4 is 40.1 Å². The molecule has 10 nitrogen and oxygen atoms in total. The number of carbonyl (C=O) groups is 2. The number of hydrogen-bond acceptors (Lipinski definition) is 7. The fourth-order valence-corrected chi connectivity index (χ4v) is 6.12. The SMILES string of the molecule is CN(C)Cc1nc(Nc2ccc(-c3cnc4ccc5occc5n34)c3c2C(=O)NC3)ccc1[C@H]1CCN(C)C(=O)C1. The number of nitrogens with zero attached hydrogens (tertiary/aromatic N) is 5. The third kappa shape index (κ3) is 4.31. The molecule has 2 aliphatic rings. The van der Waals surface area contributed by atoms with Gasteiger partial charge in [-0.2, -0.15) is 0 Å². The first-order valence-corrected chi connectivity index (χ1v) is 13.8. The van der Waals surface area contributed by atoms with Gasteiger partial charge in [-0.05, 0) is 61.8 Å². The molecule has 1 atom stereocenters. The van der Waals surface area contributed by atoms with Crippen LogP contribution in [0, 0.1) is 0 Å². The molecule has 1 saturated heterocycles. The molecule has 6 heterocycles. The van der Waals surface area contributed by atoms with Crippen molar-refractivity contribution in [2.24, 2.45) is 0 Å². The van der Waals surface area contributed by atoms with Gasteiger partial charge in [0.05, 0.1) is 40.6 Å². The van der Waals surface area contributed by atoms with E-state index in [-0.39, 0.29) is 17.7 Å². The zero-order chi connectivity index (χ0) is 28.2. The summed E-state index contributed by atoms with van der Waals surface area (Å²) < 4.78 is 7.68. The van der Waals surface area contributed by atoms with Gasteiger partial charge in [-0.3, -0.25) is 14.0 Å². The Morgan fingerprint density at radius 2 is 2.00 bits per heavy atom. The first-order chi connectivity index (χ1) is 19.9. The van der Waals surface area contributed by atoms with Crippen molar-refractivity contribution < 1.29 is 14.0 Å². The van der Waals surface area contributed by atoms with Crippen LogP contribution in [0.4, 0.5) is 11.5 Å². The Bertz CT molecular complexity index is 1840. The van der Waals surface area contributed by atoms with Gasteiger partial charge in [-0.25, -0.2) is 9.97 Å². The van der Waals surface area contributed by atoms with Gasteiger partial charge in [0, 0.05) is 44.7 Å². The van der Waals surface area contributed by atoms with Crippen LogP contribution >= 0.6 is 0 Å². The van der Waals surface area contributed by atoms with Crippen molar-refractivity contribution in [2.45, 2.75) is 31.8 Å². The highest BCUT2D eigenvalue weighted by Crippen LogP contribution is 2.37. The summed E-state index contributed by atoms with van der Waals surface area (Å²) in [4.78, 5) is 39.0. The van der Waals surface area contributed by atoms with E-state index in [1.54, 1.807) is 11.2 Å². The van der Waals surface area contributed by atoms with Gasteiger partial charge in [0.15, 0.2) is 5.58 Å². The number of benzene rings is 1. The summed E-state index contributed by atoms with van der Waals surface area (Å²) >= 11 is 0. The monoisotopic (exact) mass is 549 g/mol. The number of likely N-dealkylation sites (tertiary alicyclic amines) is 1. The molecule has 1 fully saturated rings. The minimum Gasteiger partial charge on any atom is -0.463 e. The van der Waals surface area contributed by atoms with Gasteiger partial charge < -0.3 is 24.9 Å². The standard InChI is InChI=1S/C31H31N7O3/c1-36(2)17-23-19(18-10-12-37(3)29(39)14-18)5-8-27(35-23)34-22-6-4-20(21-15-33-31(40)30(21)22)25-16-32-28-9-7-26-24(38(25)28)11-13-41-26/h4-9,11,13,16,18H,10,12,14-15,17H2,1-3H3,(H,33,40)(H,34,35)/t18-/m0/s1. The zero-order valence-corrected chi connectivity index (χ0v) is 23.3. The summed E-state index contributed by atoms with van der Waals surface area (Å²) in [6.07, 6.45) is 4.92. The number of pyridine rings is 2. The summed E-state index contributed by atoms with van der Waals surface area (Å²) in [5.74, 6) is 0.855. The van der Waals surface area contributed by atoms with E-state index in [1.807, 2.05) is 63.7 Å². The van der Waals surface area contributed by atoms with E-state index in [1.165, 1.54) is 0 Å². The van der Waals surface area contributed by atoms with Crippen LogP contribution in [0.1, 0.15) is 45.9 Å². The molecule has 0 saturated carbocycles. The lowest BCUT2D eigenvalue weighted by Gasteiger charge is -2.30. The number of carbonyl (C=O) groups excluding carboxylic acids is 2. The Balaban J connectivity index is 1.26. The molecule has 41 heavy (non-hydrogen) atoms. The van der Waals surface area contributed by atoms with Crippen LogP contribution in [-0.4, -0.2) is 63.7 Å². The Labute approximate surface area is 237 Å². The van der Waals surface area contributed by atoms with Gasteiger partial charge >= 0.3 is 0 Å². The lowest BCUT2D eigenvalue weighted by atomic mass is 9.88. The number of anilines is 2. The van der Waals surface area contributed by atoms with E-state index in [9.17, 15) is 9.59 Å². The molecule has 0 spiro atoms. The van der Waals surface area contributed by atoms with E-state index in [2.05, 4.69) is 31.0 Å². The topological polar surface area (TPSA) is 108 Å². The van der Waals surface area contributed by atoms with Crippen LogP contribution in [0.3, 0.4) is 0 Å². The van der Waals surface area contributed by atoms with E-state index in [4.69, 9.17) is 9.40 Å². The lowest BCUT2D eigenvalue weighted by molar-refractivity contribution is -0.132. The maximum Gasteiger partial charge on any atom is 0.254 e. The molecule has 4 aromatic heterocycles. The number of piperidine rings is 1. The normalized spacial score (nSPS) is 17.1. The van der Waals surface area contributed by atoms with Crippen LogP contribution < -0.4 is 10.6 Å². The Morgan fingerprint density at radius 3 is 2.83 bits per heavy atom. The zero-order valence-electron chi connectivity index (χ0n) is 23.3. The maximum absolute atomic E-state index is 13.1. The Hall–Kier alpha value is -4.70. The highest BCUT2D eigenvalue weighted by Gasteiger charge is 2.29. The average molecular weight is 550 g/mol. The minimum absolute atomic E-state index is 0.124. The molecule has 2 amide bonds. The highest BCUT2D eigenvalue weighted by molar-refractivity contribution is 6.06. The van der Waals surface area contributed by atoms with E-state index in [0.717, 1.165) is 57.8 Å². The van der Waals surface area contributed by atoms with Crippen molar-refractivity contribution in [3.63, 3.8) is 0 Å². The van der Waals surface area contributed by atoms with Crippen molar-refractivity contribution in [3.8, 4) is 11.3 Å². The number of fused-ring (bicyclic) bond motifs is 4. The third-order valence-corrected chi connectivity index (χ3v) is 8.17. The predicted octanol–water partition coefficient (Wildman–Crippen LogP) is 4.53. The van der Waals surface area contributed by atoms with Crippen molar-refractivity contribution in [1.82, 2.24) is 29.5 Å². The van der Waals surface area contributed by atoms with Crippen LogP contribution in [0.2, 0.25) is 0 Å². The molecule has 208 valence electrons. The Morgan fingerprint density at radius 1 is 1.12 bits per heavy atom. The smallest absolute Gasteiger partial charge is 0.254 e. The number of amides is 2. The fourth-order valence-electron chi connectivity index (χ4n) is 6.12. The second kappa shape index (κ2) is 9.74. The van der Waals surface area contributed by atoms with Crippen LogP contribution in [-0.2, 0) is 17.9 Å². The number of furan rings is 1. The molecule has 2 aliphatic heterocycles. The van der Waals surface area contributed by atoms with Crippen LogP contribution in [0.25, 0.3) is 28.0 Å². The molecule has 0 bridgehead atoms. The number of aromatic nitrogens is 3. The van der Waals surface area contributed by atoms with Gasteiger partial charge in [0.1, 0.15) is 11.5 Å².